The van der Waals surface area contributed by atoms with E-state index in [1.807, 2.05) is 0 Å². The fraction of sp³-hybridized carbons (Fsp3) is 0.125. The van der Waals surface area contributed by atoms with Crippen molar-refractivity contribution >= 4 is 29.2 Å². The van der Waals surface area contributed by atoms with Crippen LogP contribution < -0.4 is 9.47 Å². The number of ether oxygens (including phenoxy) is 2. The van der Waals surface area contributed by atoms with Gasteiger partial charge in [0.1, 0.15) is 4.88 Å². The molecule has 0 atom stereocenters. The minimum atomic E-state index is -1.04. The first-order valence-electron chi connectivity index (χ1n) is 6.33. The first kappa shape index (κ1) is 15.8. The quantitative estimate of drug-likeness (QED) is 0.653. The molecule has 6 heteroatoms. The van der Waals surface area contributed by atoms with Gasteiger partial charge in [0.15, 0.2) is 17.3 Å². The maximum Gasteiger partial charge on any atom is 0.345 e. The van der Waals surface area contributed by atoms with E-state index in [1.54, 1.807) is 24.3 Å². The zero-order chi connectivity index (χ0) is 16.1. The normalized spacial score (nSPS) is 10.6. The van der Waals surface area contributed by atoms with Crippen molar-refractivity contribution in [3.8, 4) is 11.5 Å². The number of methoxy groups -OCH3 is 2. The lowest BCUT2D eigenvalue weighted by atomic mass is 10.1. The van der Waals surface area contributed by atoms with Gasteiger partial charge in [-0.05, 0) is 30.4 Å². The highest BCUT2D eigenvalue weighted by atomic mass is 32.1. The Balaban J connectivity index is 2.24. The number of carboxylic acid groups (broad SMARTS) is 1. The van der Waals surface area contributed by atoms with E-state index in [0.29, 0.717) is 21.9 Å². The highest BCUT2D eigenvalue weighted by Gasteiger charge is 2.12. The SMILES string of the molecule is COc1cccc(/C=C/C(=O)c2ccc(C(=O)O)s2)c1OC. The second-order valence-electron chi connectivity index (χ2n) is 4.25. The molecule has 0 fully saturated rings. The summed E-state index contributed by atoms with van der Waals surface area (Å²) in [5, 5.41) is 8.86. The molecule has 0 unspecified atom stereocenters. The zero-order valence-electron chi connectivity index (χ0n) is 12.0. The van der Waals surface area contributed by atoms with Gasteiger partial charge in [0, 0.05) is 5.56 Å². The van der Waals surface area contributed by atoms with E-state index in [0.717, 1.165) is 11.3 Å². The van der Waals surface area contributed by atoms with Crippen LogP contribution in [0.15, 0.2) is 36.4 Å². The summed E-state index contributed by atoms with van der Waals surface area (Å²) >= 11 is 0.946. The van der Waals surface area contributed by atoms with Gasteiger partial charge in [0.25, 0.3) is 0 Å². The fourth-order valence-corrected chi connectivity index (χ4v) is 2.64. The number of allylic oxidation sites excluding steroid dienone is 1. The molecule has 1 heterocycles. The number of carbonyl (C=O) groups excluding carboxylic acids is 1. The predicted molar refractivity (Wildman–Crippen MR) is 84.2 cm³/mol. The van der Waals surface area contributed by atoms with Crippen LogP contribution in [-0.4, -0.2) is 31.1 Å². The Morgan fingerprint density at radius 3 is 2.41 bits per heavy atom. The summed E-state index contributed by atoms with van der Waals surface area (Å²) in [5.74, 6) is -0.197. The van der Waals surface area contributed by atoms with Crippen molar-refractivity contribution < 1.29 is 24.2 Å². The predicted octanol–water partition coefficient (Wildman–Crippen LogP) is 3.36. The van der Waals surface area contributed by atoms with Crippen LogP contribution in [0, 0.1) is 0 Å². The zero-order valence-corrected chi connectivity index (χ0v) is 12.8. The standard InChI is InChI=1S/C16H14O5S/c1-20-12-5-3-4-10(15(12)21-2)6-7-11(17)13-8-9-14(22-13)16(18)19/h3-9H,1-2H3,(H,18,19)/b7-6+. The molecule has 1 N–H and O–H groups in total. The number of rotatable bonds is 6. The van der Waals surface area contributed by atoms with Crippen LogP contribution >= 0.6 is 11.3 Å². The van der Waals surface area contributed by atoms with E-state index in [1.165, 1.54) is 32.4 Å². The van der Waals surface area contributed by atoms with Crippen LogP contribution in [0.4, 0.5) is 0 Å². The Kier molecular flexibility index (Phi) is 4.95. The third kappa shape index (κ3) is 3.35. The molecule has 0 bridgehead atoms. The van der Waals surface area contributed by atoms with E-state index in [4.69, 9.17) is 14.6 Å². The molecule has 114 valence electrons. The summed E-state index contributed by atoms with van der Waals surface area (Å²) < 4.78 is 10.5. The van der Waals surface area contributed by atoms with Crippen LogP contribution in [0.5, 0.6) is 11.5 Å². The average Bonchev–Trinajstić information content (AvgIpc) is 3.02. The molecule has 0 spiro atoms. The third-order valence-corrected chi connectivity index (χ3v) is 4.00. The van der Waals surface area contributed by atoms with E-state index >= 15 is 0 Å². The van der Waals surface area contributed by atoms with Crippen molar-refractivity contribution in [1.82, 2.24) is 0 Å². The average molecular weight is 318 g/mol. The monoisotopic (exact) mass is 318 g/mol. The Morgan fingerprint density at radius 2 is 1.82 bits per heavy atom. The van der Waals surface area contributed by atoms with Crippen molar-refractivity contribution in [2.75, 3.05) is 14.2 Å². The van der Waals surface area contributed by atoms with Gasteiger partial charge >= 0.3 is 5.97 Å². The van der Waals surface area contributed by atoms with Gasteiger partial charge < -0.3 is 14.6 Å². The lowest BCUT2D eigenvalue weighted by Crippen LogP contribution is -1.94. The molecule has 0 aliphatic heterocycles. The molecule has 1 aromatic carbocycles. The van der Waals surface area contributed by atoms with Crippen LogP contribution in [-0.2, 0) is 0 Å². The largest absolute Gasteiger partial charge is 0.493 e. The van der Waals surface area contributed by atoms with Gasteiger partial charge in [-0.25, -0.2) is 4.79 Å². The Morgan fingerprint density at radius 1 is 1.09 bits per heavy atom. The summed E-state index contributed by atoms with van der Waals surface area (Å²) in [5.41, 5.74) is 0.699. The van der Waals surface area contributed by atoms with Crippen LogP contribution in [0.25, 0.3) is 6.08 Å². The second-order valence-corrected chi connectivity index (χ2v) is 5.33. The topological polar surface area (TPSA) is 72.8 Å². The lowest BCUT2D eigenvalue weighted by Gasteiger charge is -2.09. The molecule has 2 rings (SSSR count). The van der Waals surface area contributed by atoms with Gasteiger partial charge in [-0.2, -0.15) is 0 Å². The molecule has 0 aliphatic carbocycles. The summed E-state index contributed by atoms with van der Waals surface area (Å²) in [6, 6.07) is 8.27. The number of para-hydroxylation sites is 1. The van der Waals surface area contributed by atoms with Crippen molar-refractivity contribution in [2.45, 2.75) is 0 Å². The first-order chi connectivity index (χ1) is 10.6. The Hall–Kier alpha value is -2.60. The van der Waals surface area contributed by atoms with Gasteiger partial charge in [0.2, 0.25) is 0 Å². The first-order valence-corrected chi connectivity index (χ1v) is 7.15. The van der Waals surface area contributed by atoms with Crippen LogP contribution in [0.1, 0.15) is 24.9 Å². The Labute approximate surface area is 131 Å². The number of thiophene rings is 1. The van der Waals surface area contributed by atoms with Gasteiger partial charge in [-0.15, -0.1) is 11.3 Å². The van der Waals surface area contributed by atoms with Crippen LogP contribution in [0.2, 0.25) is 0 Å². The fourth-order valence-electron chi connectivity index (χ4n) is 1.88. The minimum absolute atomic E-state index is 0.135. The van der Waals surface area contributed by atoms with E-state index in [9.17, 15) is 9.59 Å². The highest BCUT2D eigenvalue weighted by molar-refractivity contribution is 7.16. The molecule has 1 aromatic heterocycles. The van der Waals surface area contributed by atoms with E-state index in [-0.39, 0.29) is 10.7 Å². The lowest BCUT2D eigenvalue weighted by molar-refractivity contribution is 0.0702. The van der Waals surface area contributed by atoms with Gasteiger partial charge in [0.05, 0.1) is 19.1 Å². The van der Waals surface area contributed by atoms with Crippen molar-refractivity contribution in [1.29, 1.82) is 0 Å². The van der Waals surface area contributed by atoms with E-state index < -0.39 is 5.97 Å². The van der Waals surface area contributed by atoms with Crippen LogP contribution in [0.3, 0.4) is 0 Å². The summed E-state index contributed by atoms with van der Waals surface area (Å²) in [7, 11) is 3.06. The molecule has 2 aromatic rings. The molecule has 0 amide bonds. The smallest absolute Gasteiger partial charge is 0.345 e. The number of hydrogen-bond acceptors (Lipinski definition) is 5. The maximum atomic E-state index is 12.1. The molecule has 5 nitrogen and oxygen atoms in total. The molecule has 0 saturated heterocycles. The molecule has 0 radical (unpaired) electrons. The Bertz CT molecular complexity index is 730. The minimum Gasteiger partial charge on any atom is -0.493 e. The summed E-state index contributed by atoms with van der Waals surface area (Å²) in [6.07, 6.45) is 3.00. The number of carboxylic acids is 1. The number of aromatic carboxylic acids is 1. The number of hydrogen-bond donors (Lipinski definition) is 1. The highest BCUT2D eigenvalue weighted by Crippen LogP contribution is 2.31. The van der Waals surface area contributed by atoms with Gasteiger partial charge in [-0.1, -0.05) is 12.1 Å². The van der Waals surface area contributed by atoms with Crippen molar-refractivity contribution in [3.63, 3.8) is 0 Å². The molecule has 0 aliphatic rings. The summed E-state index contributed by atoms with van der Waals surface area (Å²) in [6.45, 7) is 0. The van der Waals surface area contributed by atoms with Crippen molar-refractivity contribution in [3.05, 3.63) is 51.7 Å². The number of benzene rings is 1. The molecule has 22 heavy (non-hydrogen) atoms. The summed E-state index contributed by atoms with van der Waals surface area (Å²) in [4.78, 5) is 23.4. The van der Waals surface area contributed by atoms with E-state index in [2.05, 4.69) is 0 Å². The van der Waals surface area contributed by atoms with Crippen molar-refractivity contribution in [2.24, 2.45) is 0 Å². The molecule has 0 saturated carbocycles. The van der Waals surface area contributed by atoms with Gasteiger partial charge in [-0.3, -0.25) is 4.79 Å². The number of carbonyl (C=O) groups is 2. The molecular weight excluding hydrogens is 304 g/mol. The third-order valence-electron chi connectivity index (χ3n) is 2.91. The maximum absolute atomic E-state index is 12.1. The number of ketones is 1. The second kappa shape index (κ2) is 6.91. The molecular formula is C16H14O5S.